The van der Waals surface area contributed by atoms with Gasteiger partial charge in [0.1, 0.15) is 24.7 Å². The number of aliphatic hydroxyl groups excluding tert-OH is 1. The highest BCUT2D eigenvalue weighted by Crippen LogP contribution is 2.47. The molecular formula is C41H56O7. The van der Waals surface area contributed by atoms with Gasteiger partial charge in [0.2, 0.25) is 0 Å². The third kappa shape index (κ3) is 11.1. The highest BCUT2D eigenvalue weighted by Gasteiger charge is 2.32. The fourth-order valence-corrected chi connectivity index (χ4v) is 7.52. The van der Waals surface area contributed by atoms with E-state index in [1.54, 1.807) is 0 Å². The summed E-state index contributed by atoms with van der Waals surface area (Å²) in [7, 11) is 1.50. The Kier molecular flexibility index (Phi) is 15.2. The molecule has 0 heterocycles. The van der Waals surface area contributed by atoms with Crippen LogP contribution in [0.1, 0.15) is 102 Å². The first-order chi connectivity index (χ1) is 23.3. The van der Waals surface area contributed by atoms with Gasteiger partial charge in [-0.25, -0.2) is 9.59 Å². The van der Waals surface area contributed by atoms with Crippen molar-refractivity contribution in [3.8, 4) is 22.6 Å². The predicted molar refractivity (Wildman–Crippen MR) is 190 cm³/mol. The van der Waals surface area contributed by atoms with Gasteiger partial charge in [-0.3, -0.25) is 0 Å². The lowest BCUT2D eigenvalue weighted by atomic mass is 9.67. The van der Waals surface area contributed by atoms with Crippen molar-refractivity contribution >= 4 is 11.9 Å². The first-order valence-corrected chi connectivity index (χ1v) is 18.0. The lowest BCUT2D eigenvalue weighted by molar-refractivity contribution is -0.140. The number of unbranched alkanes of at least 4 members (excludes halogenated alkanes) is 3. The van der Waals surface area contributed by atoms with E-state index < -0.39 is 18.5 Å². The van der Waals surface area contributed by atoms with Gasteiger partial charge in [0.05, 0.1) is 24.4 Å². The molecule has 2 aliphatic rings. The molecule has 0 unspecified atom stereocenters. The van der Waals surface area contributed by atoms with Crippen LogP contribution in [0.15, 0.2) is 66.8 Å². The van der Waals surface area contributed by atoms with Crippen molar-refractivity contribution in [2.45, 2.75) is 96.3 Å². The minimum absolute atomic E-state index is 0.0297. The molecule has 2 aromatic carbocycles. The molecule has 0 spiro atoms. The van der Waals surface area contributed by atoms with Crippen LogP contribution in [0.4, 0.5) is 0 Å². The number of rotatable bonds is 18. The Bertz CT molecular complexity index is 1330. The molecule has 0 radical (unpaired) electrons. The van der Waals surface area contributed by atoms with Crippen LogP contribution < -0.4 is 9.47 Å². The quantitative estimate of drug-likeness (QED) is 0.0739. The smallest absolute Gasteiger partial charge is 0.341 e. The molecule has 2 saturated carbocycles. The molecule has 2 fully saturated rings. The van der Waals surface area contributed by atoms with Crippen molar-refractivity contribution in [1.29, 1.82) is 0 Å². The Labute approximate surface area is 287 Å². The summed E-state index contributed by atoms with van der Waals surface area (Å²) >= 11 is 0. The second kappa shape index (κ2) is 19.5. The van der Waals surface area contributed by atoms with Gasteiger partial charge in [0, 0.05) is 7.11 Å². The zero-order valence-electron chi connectivity index (χ0n) is 29.2. The molecule has 7 heteroatoms. The van der Waals surface area contributed by atoms with Crippen LogP contribution in [0.25, 0.3) is 11.1 Å². The number of methoxy groups -OCH3 is 1. The monoisotopic (exact) mass is 660 g/mol. The van der Waals surface area contributed by atoms with Gasteiger partial charge < -0.3 is 24.1 Å². The second-order valence-electron chi connectivity index (χ2n) is 13.7. The van der Waals surface area contributed by atoms with E-state index in [9.17, 15) is 14.7 Å². The van der Waals surface area contributed by atoms with E-state index in [1.807, 2.05) is 42.5 Å². The van der Waals surface area contributed by atoms with Crippen LogP contribution in [-0.2, 0) is 19.1 Å². The van der Waals surface area contributed by atoms with Gasteiger partial charge in [0.15, 0.2) is 0 Å². The molecule has 0 atom stereocenters. The van der Waals surface area contributed by atoms with Crippen molar-refractivity contribution in [3.05, 3.63) is 72.3 Å². The summed E-state index contributed by atoms with van der Waals surface area (Å²) in [6.07, 6.45) is 17.2. The zero-order chi connectivity index (χ0) is 34.3. The summed E-state index contributed by atoms with van der Waals surface area (Å²) < 4.78 is 21.5. The number of carbonyl (C=O) groups is 2. The lowest BCUT2D eigenvalue weighted by Crippen LogP contribution is -2.25. The molecule has 0 amide bonds. The minimum atomic E-state index is -0.615. The molecule has 2 aliphatic carbocycles. The molecule has 4 rings (SSSR count). The molecule has 2 aromatic rings. The van der Waals surface area contributed by atoms with E-state index in [0.717, 1.165) is 41.7 Å². The Morgan fingerprint density at radius 1 is 0.792 bits per heavy atom. The van der Waals surface area contributed by atoms with Crippen LogP contribution in [-0.4, -0.2) is 50.6 Å². The van der Waals surface area contributed by atoms with E-state index in [1.165, 1.54) is 83.3 Å². The normalized spacial score (nSPS) is 20.9. The number of ether oxygens (including phenoxy) is 4. The van der Waals surface area contributed by atoms with Crippen molar-refractivity contribution in [3.63, 3.8) is 0 Å². The Morgan fingerprint density at radius 3 is 2.10 bits per heavy atom. The van der Waals surface area contributed by atoms with Crippen molar-refractivity contribution < 1.29 is 33.6 Å². The summed E-state index contributed by atoms with van der Waals surface area (Å²) in [4.78, 5) is 24.3. The molecule has 0 aliphatic heterocycles. The fraction of sp³-hybridized carbons (Fsp3) is 0.561. The lowest BCUT2D eigenvalue weighted by Gasteiger charge is -2.38. The van der Waals surface area contributed by atoms with E-state index in [2.05, 4.69) is 20.1 Å². The molecule has 0 bridgehead atoms. The Hall–Kier alpha value is -3.42. The van der Waals surface area contributed by atoms with Crippen LogP contribution >= 0.6 is 0 Å². The first kappa shape index (κ1) is 37.4. The Balaban J connectivity index is 1.38. The van der Waals surface area contributed by atoms with Crippen LogP contribution in [0.2, 0.25) is 0 Å². The third-order valence-corrected chi connectivity index (χ3v) is 10.3. The fourth-order valence-electron chi connectivity index (χ4n) is 7.52. The molecule has 262 valence electrons. The molecule has 0 aromatic heterocycles. The average molecular weight is 661 g/mol. The van der Waals surface area contributed by atoms with E-state index in [4.69, 9.17) is 18.9 Å². The maximum atomic E-state index is 12.4. The summed E-state index contributed by atoms with van der Waals surface area (Å²) in [6.45, 7) is 9.58. The van der Waals surface area contributed by atoms with Gasteiger partial charge in [-0.2, -0.15) is 0 Å². The van der Waals surface area contributed by atoms with Crippen LogP contribution in [0.3, 0.4) is 0 Å². The maximum absolute atomic E-state index is 12.4. The van der Waals surface area contributed by atoms with Crippen LogP contribution in [0, 0.1) is 17.8 Å². The summed E-state index contributed by atoms with van der Waals surface area (Å²) in [6, 6.07) is 13.7. The van der Waals surface area contributed by atoms with Crippen molar-refractivity contribution in [1.82, 2.24) is 0 Å². The number of aliphatic hydroxyl groups is 1. The summed E-state index contributed by atoms with van der Waals surface area (Å²) in [5, 5.41) is 9.35. The van der Waals surface area contributed by atoms with Crippen molar-refractivity contribution in [2.75, 3.05) is 33.5 Å². The van der Waals surface area contributed by atoms with Gasteiger partial charge in [-0.15, -0.1) is 0 Å². The molecule has 1 N–H and O–H groups in total. The highest BCUT2D eigenvalue weighted by atomic mass is 16.6. The zero-order valence-corrected chi connectivity index (χ0v) is 29.2. The van der Waals surface area contributed by atoms with E-state index in [0.29, 0.717) is 17.4 Å². The third-order valence-electron chi connectivity index (χ3n) is 10.3. The predicted octanol–water partition coefficient (Wildman–Crippen LogP) is 8.98. The number of carbonyl (C=O) groups excluding carboxylic acids is 2. The SMILES string of the molecule is C=C(COC)C(=O)OCCOc1ccc(-c2ccc(OC(=O)C(=C)CO)cc2C2CCC(C3CCC(CCCCCC)CC3)CC2)cc1. The maximum Gasteiger partial charge on any atom is 0.341 e. The van der Waals surface area contributed by atoms with Gasteiger partial charge in [-0.05, 0) is 103 Å². The Morgan fingerprint density at radius 2 is 1.46 bits per heavy atom. The molecule has 48 heavy (non-hydrogen) atoms. The van der Waals surface area contributed by atoms with Crippen LogP contribution in [0.5, 0.6) is 11.5 Å². The largest absolute Gasteiger partial charge is 0.490 e. The average Bonchev–Trinajstić information content (AvgIpc) is 3.12. The van der Waals surface area contributed by atoms with E-state index in [-0.39, 0.29) is 31.0 Å². The topological polar surface area (TPSA) is 91.3 Å². The standard InChI is InChI=1S/C41H56O7/c1-5-6-7-8-9-31-10-12-32(13-11-31)33-14-16-35(17-15-33)39-26-37(48-41(44)29(2)27-42)22-23-38(39)34-18-20-36(21-19-34)46-24-25-47-40(43)30(3)28-45-4/h18-23,26,31-33,35,42H,2-3,5-17,24-25,27-28H2,1,4H3. The molecular weight excluding hydrogens is 604 g/mol. The summed E-state index contributed by atoms with van der Waals surface area (Å²) in [5.74, 6) is 2.99. The number of hydrogen-bond acceptors (Lipinski definition) is 7. The van der Waals surface area contributed by atoms with Gasteiger partial charge in [-0.1, -0.05) is 83.2 Å². The highest BCUT2D eigenvalue weighted by molar-refractivity contribution is 5.90. The number of benzene rings is 2. The minimum Gasteiger partial charge on any atom is -0.490 e. The van der Waals surface area contributed by atoms with E-state index >= 15 is 0 Å². The first-order valence-electron chi connectivity index (χ1n) is 18.0. The van der Waals surface area contributed by atoms with Crippen molar-refractivity contribution in [2.24, 2.45) is 17.8 Å². The van der Waals surface area contributed by atoms with Gasteiger partial charge in [0.25, 0.3) is 0 Å². The molecule has 0 saturated heterocycles. The van der Waals surface area contributed by atoms with Gasteiger partial charge >= 0.3 is 11.9 Å². The molecule has 7 nitrogen and oxygen atoms in total. The number of hydrogen-bond donors (Lipinski definition) is 1. The second-order valence-corrected chi connectivity index (χ2v) is 13.7. The number of esters is 2. The summed E-state index contributed by atoms with van der Waals surface area (Å²) in [5.41, 5.74) is 3.64.